The van der Waals surface area contributed by atoms with Crippen LogP contribution in [0.1, 0.15) is 44.1 Å². The lowest BCUT2D eigenvalue weighted by Crippen LogP contribution is -2.28. The highest BCUT2D eigenvalue weighted by atomic mass is 35.5. The van der Waals surface area contributed by atoms with Gasteiger partial charge in [-0.1, -0.05) is 80.5 Å². The second-order valence-corrected chi connectivity index (χ2v) is 9.83. The number of hydrogen-bond acceptors (Lipinski definition) is 4. The molecule has 1 N–H and O–H groups in total. The van der Waals surface area contributed by atoms with Crippen molar-refractivity contribution >= 4 is 29.3 Å². The van der Waals surface area contributed by atoms with Gasteiger partial charge in [-0.25, -0.2) is 0 Å². The van der Waals surface area contributed by atoms with Crippen molar-refractivity contribution in [1.29, 1.82) is 0 Å². The highest BCUT2D eigenvalue weighted by Crippen LogP contribution is 2.28. The quantitative estimate of drug-likeness (QED) is 0.485. The van der Waals surface area contributed by atoms with Gasteiger partial charge >= 0.3 is 0 Å². The maximum atomic E-state index is 12.3. The molecule has 0 aliphatic carbocycles. The molecule has 0 bridgehead atoms. The Balaban J connectivity index is 1.87. The van der Waals surface area contributed by atoms with Crippen molar-refractivity contribution < 1.29 is 4.79 Å². The lowest BCUT2D eigenvalue weighted by Gasteiger charge is -2.18. The summed E-state index contributed by atoms with van der Waals surface area (Å²) in [4.78, 5) is 12.3. The monoisotopic (exact) mass is 442 g/mol. The first-order valence-corrected chi connectivity index (χ1v) is 11.2. The second-order valence-electron chi connectivity index (χ2n) is 8.45. The number of carbonyl (C=O) groups excluding carboxylic acids is 1. The number of thioether (sulfide) groups is 1. The molecule has 2 aromatic carbocycles. The minimum atomic E-state index is -0.0714. The van der Waals surface area contributed by atoms with E-state index in [1.54, 1.807) is 11.8 Å². The third kappa shape index (κ3) is 6.09. The van der Waals surface area contributed by atoms with E-state index in [9.17, 15) is 4.79 Å². The van der Waals surface area contributed by atoms with E-state index in [4.69, 9.17) is 11.6 Å². The number of hydrogen-bond donors (Lipinski definition) is 1. The van der Waals surface area contributed by atoms with Crippen LogP contribution >= 0.6 is 23.4 Å². The molecule has 7 heteroatoms. The molecule has 0 radical (unpaired) electrons. The van der Waals surface area contributed by atoms with E-state index in [1.807, 2.05) is 68.7 Å². The molecule has 0 atom stereocenters. The van der Waals surface area contributed by atoms with Crippen molar-refractivity contribution in [3.63, 3.8) is 0 Å². The molecule has 0 spiro atoms. The smallest absolute Gasteiger partial charge is 0.220 e. The van der Waals surface area contributed by atoms with Crippen molar-refractivity contribution in [2.24, 2.45) is 5.41 Å². The molecule has 0 aliphatic heterocycles. The van der Waals surface area contributed by atoms with E-state index >= 15 is 0 Å². The highest BCUT2D eigenvalue weighted by Gasteiger charge is 2.19. The van der Waals surface area contributed by atoms with Crippen LogP contribution in [-0.2, 0) is 17.1 Å². The largest absolute Gasteiger partial charge is 0.349 e. The molecule has 0 unspecified atom stereocenters. The molecule has 30 heavy (non-hydrogen) atoms. The zero-order chi connectivity index (χ0) is 21.7. The molecular weight excluding hydrogens is 416 g/mol. The number of rotatable bonds is 7. The second kappa shape index (κ2) is 9.67. The Morgan fingerprint density at radius 1 is 1.13 bits per heavy atom. The Hall–Kier alpha value is -2.31. The van der Waals surface area contributed by atoms with Gasteiger partial charge in [-0.15, -0.1) is 10.2 Å². The van der Waals surface area contributed by atoms with Gasteiger partial charge in [-0.2, -0.15) is 0 Å². The molecule has 0 saturated heterocycles. The van der Waals surface area contributed by atoms with Crippen LogP contribution in [0.25, 0.3) is 5.69 Å². The zero-order valence-electron chi connectivity index (χ0n) is 17.8. The molecule has 5 nitrogen and oxygen atoms in total. The van der Waals surface area contributed by atoms with Gasteiger partial charge in [0.05, 0.1) is 12.2 Å². The van der Waals surface area contributed by atoms with E-state index in [0.717, 1.165) is 22.2 Å². The zero-order valence-corrected chi connectivity index (χ0v) is 19.3. The topological polar surface area (TPSA) is 59.8 Å². The van der Waals surface area contributed by atoms with E-state index in [-0.39, 0.29) is 11.3 Å². The first-order valence-electron chi connectivity index (χ1n) is 9.87. The molecular formula is C23H27ClN4OS. The fourth-order valence-electron chi connectivity index (χ4n) is 3.02. The predicted molar refractivity (Wildman–Crippen MR) is 123 cm³/mol. The summed E-state index contributed by atoms with van der Waals surface area (Å²) in [7, 11) is 0. The summed E-state index contributed by atoms with van der Waals surface area (Å²) < 4.78 is 1.99. The summed E-state index contributed by atoms with van der Waals surface area (Å²) in [5, 5.41) is 13.2. The number of benzene rings is 2. The van der Waals surface area contributed by atoms with Gasteiger partial charge < -0.3 is 5.32 Å². The molecule has 158 valence electrons. The van der Waals surface area contributed by atoms with Gasteiger partial charge in [-0.3, -0.25) is 9.36 Å². The van der Waals surface area contributed by atoms with Crippen molar-refractivity contribution in [2.45, 2.75) is 51.6 Å². The molecule has 0 saturated carbocycles. The Kier molecular flexibility index (Phi) is 7.21. The molecule has 0 aliphatic rings. The molecule has 3 rings (SSSR count). The lowest BCUT2D eigenvalue weighted by atomic mass is 9.92. The number of nitrogens with zero attached hydrogens (tertiary/aromatic N) is 3. The fourth-order valence-corrected chi connectivity index (χ4v) is 4.10. The normalized spacial score (nSPS) is 11.5. The Labute approximate surface area is 187 Å². The minimum absolute atomic E-state index is 0.00152. The molecule has 3 aromatic rings. The summed E-state index contributed by atoms with van der Waals surface area (Å²) in [6.07, 6.45) is 0.451. The molecule has 1 heterocycles. The number of nitrogens with one attached hydrogen (secondary N) is 1. The van der Waals surface area contributed by atoms with Crippen LogP contribution in [0, 0.1) is 12.3 Å². The molecule has 1 aromatic heterocycles. The van der Waals surface area contributed by atoms with Crippen molar-refractivity contribution in [2.75, 3.05) is 0 Å². The van der Waals surface area contributed by atoms with Crippen LogP contribution in [0.2, 0.25) is 5.02 Å². The Bertz CT molecular complexity index is 1010. The van der Waals surface area contributed by atoms with Crippen LogP contribution in [-0.4, -0.2) is 20.7 Å². The van der Waals surface area contributed by atoms with Crippen LogP contribution < -0.4 is 5.32 Å². The first kappa shape index (κ1) is 22.4. The summed E-state index contributed by atoms with van der Waals surface area (Å²) in [6.45, 7) is 8.47. The van der Waals surface area contributed by atoms with E-state index in [0.29, 0.717) is 23.8 Å². The van der Waals surface area contributed by atoms with Gasteiger partial charge in [0.25, 0.3) is 0 Å². The number of carbonyl (C=O) groups is 1. The number of halogens is 1. The summed E-state index contributed by atoms with van der Waals surface area (Å²) in [5.74, 6) is 1.45. The van der Waals surface area contributed by atoms with Gasteiger partial charge in [0, 0.05) is 17.2 Å². The standard InChI is InChI=1S/C23H27ClN4OS/c1-16-10-11-18(24)12-19(16)28-20(14-25-21(29)13-23(2,3)4)26-27-22(28)30-15-17-8-6-5-7-9-17/h5-12H,13-15H2,1-4H3,(H,25,29). The SMILES string of the molecule is Cc1ccc(Cl)cc1-n1c(CNC(=O)CC(C)(C)C)nnc1SCc1ccccc1. The number of amides is 1. The van der Waals surface area contributed by atoms with Crippen LogP contribution in [0.4, 0.5) is 0 Å². The van der Waals surface area contributed by atoms with Crippen LogP contribution in [0.5, 0.6) is 0 Å². The van der Waals surface area contributed by atoms with Crippen LogP contribution in [0.3, 0.4) is 0 Å². The highest BCUT2D eigenvalue weighted by molar-refractivity contribution is 7.98. The first-order chi connectivity index (χ1) is 14.2. The number of aromatic nitrogens is 3. The fraction of sp³-hybridized carbons (Fsp3) is 0.348. The van der Waals surface area contributed by atoms with E-state index in [1.165, 1.54) is 5.56 Å². The molecule has 1 amide bonds. The third-order valence-electron chi connectivity index (χ3n) is 4.46. The van der Waals surface area contributed by atoms with Crippen LogP contribution in [0.15, 0.2) is 53.7 Å². The van der Waals surface area contributed by atoms with E-state index < -0.39 is 0 Å². The maximum absolute atomic E-state index is 12.3. The van der Waals surface area contributed by atoms with E-state index in [2.05, 4.69) is 27.6 Å². The van der Waals surface area contributed by atoms with Crippen molar-refractivity contribution in [3.05, 3.63) is 70.5 Å². The minimum Gasteiger partial charge on any atom is -0.349 e. The van der Waals surface area contributed by atoms with Gasteiger partial charge in [0.15, 0.2) is 11.0 Å². The van der Waals surface area contributed by atoms with Gasteiger partial charge in [-0.05, 0) is 35.6 Å². The predicted octanol–water partition coefficient (Wildman–Crippen LogP) is 5.57. The van der Waals surface area contributed by atoms with Crippen molar-refractivity contribution in [1.82, 2.24) is 20.1 Å². The van der Waals surface area contributed by atoms with Gasteiger partial charge in [0.1, 0.15) is 0 Å². The average molecular weight is 443 g/mol. The van der Waals surface area contributed by atoms with Crippen molar-refractivity contribution in [3.8, 4) is 5.69 Å². The summed E-state index contributed by atoms with van der Waals surface area (Å²) >= 11 is 7.89. The maximum Gasteiger partial charge on any atom is 0.220 e. The van der Waals surface area contributed by atoms with Gasteiger partial charge in [0.2, 0.25) is 5.91 Å². The third-order valence-corrected chi connectivity index (χ3v) is 5.69. The summed E-state index contributed by atoms with van der Waals surface area (Å²) in [6, 6.07) is 16.0. The number of aryl methyl sites for hydroxylation is 1. The average Bonchev–Trinajstić information content (AvgIpc) is 3.09. The summed E-state index contributed by atoms with van der Waals surface area (Å²) in [5.41, 5.74) is 3.11. The Morgan fingerprint density at radius 3 is 2.57 bits per heavy atom. The Morgan fingerprint density at radius 2 is 1.87 bits per heavy atom. The lowest BCUT2D eigenvalue weighted by molar-refractivity contribution is -0.123. The molecule has 0 fully saturated rings.